The van der Waals surface area contributed by atoms with Crippen molar-refractivity contribution in [3.63, 3.8) is 0 Å². The summed E-state index contributed by atoms with van der Waals surface area (Å²) in [7, 11) is -1.82. The molecule has 0 aliphatic carbocycles. The highest BCUT2D eigenvalue weighted by Gasteiger charge is 2.25. The molecule has 13 heteroatoms. The summed E-state index contributed by atoms with van der Waals surface area (Å²) in [5.41, 5.74) is 0.0780. The number of rotatable bonds is 7. The topological polar surface area (TPSA) is 157 Å². The van der Waals surface area contributed by atoms with E-state index >= 15 is 0 Å². The maximum Gasteiger partial charge on any atom is 0.337 e. The zero-order valence-corrected chi connectivity index (χ0v) is 17.0. The molecule has 0 spiro atoms. The summed E-state index contributed by atoms with van der Waals surface area (Å²) >= 11 is 3.16. The van der Waals surface area contributed by atoms with Crippen molar-refractivity contribution in [3.8, 4) is 11.8 Å². The summed E-state index contributed by atoms with van der Waals surface area (Å²) in [6, 6.07) is 3.87. The van der Waals surface area contributed by atoms with E-state index in [1.165, 1.54) is 32.4 Å². The molecule has 0 aliphatic heterocycles. The first-order valence-electron chi connectivity index (χ1n) is 7.43. The van der Waals surface area contributed by atoms with Crippen LogP contribution in [0, 0.1) is 0 Å². The van der Waals surface area contributed by atoms with E-state index in [0.717, 1.165) is 6.07 Å². The lowest BCUT2D eigenvalue weighted by Crippen LogP contribution is -2.35. The van der Waals surface area contributed by atoms with Crippen molar-refractivity contribution >= 4 is 43.9 Å². The highest BCUT2D eigenvalue weighted by Crippen LogP contribution is 2.20. The number of sulfonamides is 1. The number of carboxylic acid groups (broad SMARTS) is 1. The van der Waals surface area contributed by atoms with E-state index in [1.54, 1.807) is 4.72 Å². The Labute approximate surface area is 168 Å². The molecule has 1 aromatic carbocycles. The summed E-state index contributed by atoms with van der Waals surface area (Å²) < 4.78 is 36.5. The van der Waals surface area contributed by atoms with Gasteiger partial charge >= 0.3 is 12.0 Å². The van der Waals surface area contributed by atoms with Crippen LogP contribution < -0.4 is 19.5 Å². The molecule has 1 aromatic heterocycles. The second kappa shape index (κ2) is 8.84. The zero-order chi connectivity index (χ0) is 20.9. The lowest BCUT2D eigenvalue weighted by molar-refractivity contribution is 0.0692. The molecule has 1 heterocycles. The van der Waals surface area contributed by atoms with Crippen LogP contribution in [-0.4, -0.2) is 49.7 Å². The lowest BCUT2D eigenvalue weighted by Gasteiger charge is -2.11. The molecule has 0 radical (unpaired) electrons. The van der Waals surface area contributed by atoms with Crippen LogP contribution in [0.1, 0.15) is 15.9 Å². The second-order valence-corrected chi connectivity index (χ2v) is 7.32. The van der Waals surface area contributed by atoms with E-state index in [9.17, 15) is 23.1 Å². The molecule has 0 bridgehead atoms. The second-order valence-electron chi connectivity index (χ2n) is 5.11. The largest absolute Gasteiger partial charge is 0.481 e. The number of ether oxygens (including phenoxy) is 2. The van der Waals surface area contributed by atoms with Crippen molar-refractivity contribution in [3.05, 3.63) is 35.4 Å². The molecule has 2 rings (SSSR count). The predicted molar refractivity (Wildman–Crippen MR) is 101 cm³/mol. The predicted octanol–water partition coefficient (Wildman–Crippen LogP) is 1.60. The number of amides is 2. The number of halogens is 1. The van der Waals surface area contributed by atoms with Gasteiger partial charge in [-0.1, -0.05) is 22.0 Å². The Morgan fingerprint density at radius 2 is 1.75 bits per heavy atom. The number of urea groups is 1. The number of methoxy groups -OCH3 is 2. The van der Waals surface area contributed by atoms with Gasteiger partial charge in [0.1, 0.15) is 4.90 Å². The van der Waals surface area contributed by atoms with Gasteiger partial charge in [0.25, 0.3) is 10.0 Å². The van der Waals surface area contributed by atoms with Gasteiger partial charge in [-0.25, -0.2) is 22.7 Å². The summed E-state index contributed by atoms with van der Waals surface area (Å²) in [6.07, 6.45) is 0. The van der Waals surface area contributed by atoms with Crippen LogP contribution in [-0.2, 0) is 15.4 Å². The van der Waals surface area contributed by atoms with E-state index in [1.807, 2.05) is 0 Å². The van der Waals surface area contributed by atoms with Crippen LogP contribution in [0.4, 0.5) is 10.7 Å². The SMILES string of the molecule is COc1cc(OC)nc(NC(=O)NS(=O)(=O)c2ccc(CBr)cc2C(=O)O)n1. The molecule has 0 unspecified atom stereocenters. The van der Waals surface area contributed by atoms with Crippen LogP contribution in [0.3, 0.4) is 0 Å². The Hall–Kier alpha value is -2.93. The first-order chi connectivity index (χ1) is 13.2. The number of carbonyl (C=O) groups is 2. The fraction of sp³-hybridized carbons (Fsp3) is 0.200. The van der Waals surface area contributed by atoms with E-state index < -0.39 is 32.5 Å². The molecule has 0 aliphatic rings. The van der Waals surface area contributed by atoms with Crippen molar-refractivity contribution in [2.75, 3.05) is 19.5 Å². The van der Waals surface area contributed by atoms with Crippen molar-refractivity contribution in [2.45, 2.75) is 10.2 Å². The Morgan fingerprint density at radius 1 is 1.14 bits per heavy atom. The Morgan fingerprint density at radius 3 is 2.25 bits per heavy atom. The molecular formula is C15H15BrN4O7S. The molecule has 0 saturated carbocycles. The lowest BCUT2D eigenvalue weighted by atomic mass is 10.1. The number of nitrogens with zero attached hydrogens (tertiary/aromatic N) is 2. The van der Waals surface area contributed by atoms with Crippen molar-refractivity contribution in [1.82, 2.24) is 14.7 Å². The van der Waals surface area contributed by atoms with Crippen molar-refractivity contribution in [2.24, 2.45) is 0 Å². The van der Waals surface area contributed by atoms with Gasteiger partial charge in [-0.05, 0) is 17.7 Å². The number of nitrogens with one attached hydrogen (secondary N) is 2. The Bertz CT molecular complexity index is 991. The molecule has 0 saturated heterocycles. The quantitative estimate of drug-likeness (QED) is 0.506. The van der Waals surface area contributed by atoms with E-state index in [0.29, 0.717) is 10.9 Å². The Balaban J connectivity index is 2.28. The van der Waals surface area contributed by atoms with Gasteiger partial charge in [-0.15, -0.1) is 0 Å². The molecule has 11 nitrogen and oxygen atoms in total. The first-order valence-corrected chi connectivity index (χ1v) is 10.0. The zero-order valence-electron chi connectivity index (χ0n) is 14.6. The highest BCUT2D eigenvalue weighted by atomic mass is 79.9. The number of aromatic nitrogens is 2. The third-order valence-corrected chi connectivity index (χ3v) is 5.30. The minimum atomic E-state index is -4.49. The van der Waals surface area contributed by atoms with Crippen LogP contribution in [0.2, 0.25) is 0 Å². The Kier molecular flexibility index (Phi) is 6.75. The molecule has 2 amide bonds. The summed E-state index contributed by atoms with van der Waals surface area (Å²) in [5.74, 6) is -1.59. The van der Waals surface area contributed by atoms with Crippen LogP contribution in [0.15, 0.2) is 29.2 Å². The minimum absolute atomic E-state index is 0.0727. The standard InChI is InChI=1S/C15H15BrN4O7S/c1-26-11-6-12(27-2)18-14(17-11)19-15(23)20-28(24,25)10-4-3-8(7-16)5-9(10)13(21)22/h3-6H,7H2,1-2H3,(H,21,22)(H2,17,18,19,20,23). The van der Waals surface area contributed by atoms with Gasteiger partial charge in [0.05, 0.1) is 25.8 Å². The fourth-order valence-corrected chi connectivity index (χ4v) is 3.47. The minimum Gasteiger partial charge on any atom is -0.481 e. The fourth-order valence-electron chi connectivity index (χ4n) is 2.03. The monoisotopic (exact) mass is 474 g/mol. The first kappa shape index (κ1) is 21.4. The molecule has 3 N–H and O–H groups in total. The van der Waals surface area contributed by atoms with Gasteiger partial charge < -0.3 is 14.6 Å². The third-order valence-electron chi connectivity index (χ3n) is 3.27. The molecule has 0 atom stereocenters. The van der Waals surface area contributed by atoms with Crippen LogP contribution in [0.25, 0.3) is 0 Å². The molecule has 2 aromatic rings. The summed E-state index contributed by atoms with van der Waals surface area (Å²) in [5, 5.41) is 11.7. The van der Waals surface area contributed by atoms with Gasteiger partial charge in [-0.2, -0.15) is 9.97 Å². The average Bonchev–Trinajstić information content (AvgIpc) is 2.66. The molecule has 150 valence electrons. The highest BCUT2D eigenvalue weighted by molar-refractivity contribution is 9.08. The van der Waals surface area contributed by atoms with Crippen molar-refractivity contribution < 1.29 is 32.6 Å². The van der Waals surface area contributed by atoms with Crippen LogP contribution in [0.5, 0.6) is 11.8 Å². The van der Waals surface area contributed by atoms with E-state index in [-0.39, 0.29) is 17.7 Å². The number of hydrogen-bond donors (Lipinski definition) is 3. The number of benzene rings is 1. The smallest absolute Gasteiger partial charge is 0.337 e. The number of carboxylic acids is 1. The van der Waals surface area contributed by atoms with Gasteiger partial charge in [0, 0.05) is 5.33 Å². The van der Waals surface area contributed by atoms with Gasteiger partial charge in [0.15, 0.2) is 0 Å². The van der Waals surface area contributed by atoms with Crippen LogP contribution >= 0.6 is 15.9 Å². The van der Waals surface area contributed by atoms with Gasteiger partial charge in [0.2, 0.25) is 17.7 Å². The number of alkyl halides is 1. The number of hydrogen-bond acceptors (Lipinski definition) is 8. The molecular weight excluding hydrogens is 460 g/mol. The summed E-state index contributed by atoms with van der Waals surface area (Å²) in [4.78, 5) is 30.6. The average molecular weight is 475 g/mol. The summed E-state index contributed by atoms with van der Waals surface area (Å²) in [6.45, 7) is 0. The maximum absolute atomic E-state index is 12.5. The van der Waals surface area contributed by atoms with E-state index in [4.69, 9.17) is 9.47 Å². The maximum atomic E-state index is 12.5. The number of aromatic carboxylic acids is 1. The van der Waals surface area contributed by atoms with Crippen molar-refractivity contribution in [1.29, 1.82) is 0 Å². The molecule has 28 heavy (non-hydrogen) atoms. The normalized spacial score (nSPS) is 10.8. The molecule has 0 fully saturated rings. The number of anilines is 1. The number of carbonyl (C=O) groups excluding carboxylic acids is 1. The third kappa shape index (κ3) is 5.07. The van der Waals surface area contributed by atoms with E-state index in [2.05, 4.69) is 31.2 Å². The van der Waals surface area contributed by atoms with Gasteiger partial charge in [-0.3, -0.25) is 5.32 Å².